The minimum absolute atomic E-state index is 0.000609. The van der Waals surface area contributed by atoms with Gasteiger partial charge in [-0.25, -0.2) is 4.98 Å². The molecule has 0 radical (unpaired) electrons. The highest BCUT2D eigenvalue weighted by atomic mass is 16.5. The number of nitrogens with zero attached hydrogens (tertiary/aromatic N) is 5. The third-order valence-electron chi connectivity index (χ3n) is 7.91. The minimum atomic E-state index is -0.284. The first-order valence-corrected chi connectivity index (χ1v) is 13.8. The molecule has 11 heteroatoms. The van der Waals surface area contributed by atoms with Crippen LogP contribution in [0.2, 0.25) is 0 Å². The van der Waals surface area contributed by atoms with Crippen molar-refractivity contribution >= 4 is 35.0 Å². The number of benzene rings is 1. The van der Waals surface area contributed by atoms with E-state index in [0.717, 1.165) is 19.7 Å². The summed E-state index contributed by atoms with van der Waals surface area (Å²) in [5, 5.41) is 6.24. The molecule has 2 saturated heterocycles. The number of fused-ring (bicyclic) bond motifs is 2. The molecule has 3 aliphatic heterocycles. The number of ether oxygens (including phenoxy) is 2. The maximum Gasteiger partial charge on any atom is 0.251 e. The summed E-state index contributed by atoms with van der Waals surface area (Å²) in [7, 11) is 3.32. The second-order valence-corrected chi connectivity index (χ2v) is 10.7. The second kappa shape index (κ2) is 11.4. The van der Waals surface area contributed by atoms with Crippen LogP contribution in [0.4, 0.5) is 23.1 Å². The van der Waals surface area contributed by atoms with Gasteiger partial charge in [0.25, 0.3) is 5.91 Å². The second-order valence-electron chi connectivity index (χ2n) is 10.7. The lowest BCUT2D eigenvalue weighted by molar-refractivity contribution is -0.120. The molecule has 1 aromatic heterocycles. The topological polar surface area (TPSA) is 112 Å². The summed E-state index contributed by atoms with van der Waals surface area (Å²) >= 11 is 0. The molecule has 2 aromatic rings. The molecule has 0 saturated carbocycles. The predicted octanol–water partition coefficient (Wildman–Crippen LogP) is 2.79. The molecule has 2 amide bonds. The van der Waals surface area contributed by atoms with Gasteiger partial charge >= 0.3 is 0 Å². The predicted molar refractivity (Wildman–Crippen MR) is 150 cm³/mol. The molecule has 11 nitrogen and oxygen atoms in total. The molecule has 3 aliphatic rings. The zero-order valence-corrected chi connectivity index (χ0v) is 23.4. The van der Waals surface area contributed by atoms with Crippen molar-refractivity contribution in [3.05, 3.63) is 30.0 Å². The lowest BCUT2D eigenvalue weighted by atomic mass is 10.1. The number of aromatic nitrogens is 2. The number of likely N-dealkylation sites (N-methyl/N-ethyl adjacent to an activating group) is 1. The van der Waals surface area contributed by atoms with Gasteiger partial charge in [0.1, 0.15) is 17.5 Å². The van der Waals surface area contributed by atoms with Crippen LogP contribution in [0.5, 0.6) is 5.75 Å². The number of morpholine rings is 1. The Hall–Kier alpha value is -3.44. The monoisotopic (exact) mass is 537 g/mol. The normalized spacial score (nSPS) is 23.0. The number of rotatable bonds is 8. The van der Waals surface area contributed by atoms with Crippen LogP contribution in [0, 0.1) is 0 Å². The van der Waals surface area contributed by atoms with E-state index in [-0.39, 0.29) is 30.0 Å². The Kier molecular flexibility index (Phi) is 7.90. The fourth-order valence-electron chi connectivity index (χ4n) is 5.81. The Morgan fingerprint density at radius 3 is 2.87 bits per heavy atom. The van der Waals surface area contributed by atoms with Crippen molar-refractivity contribution in [2.75, 3.05) is 55.5 Å². The van der Waals surface area contributed by atoms with E-state index in [4.69, 9.17) is 14.5 Å². The molecule has 0 bridgehead atoms. The van der Waals surface area contributed by atoms with E-state index in [1.165, 1.54) is 12.8 Å². The van der Waals surface area contributed by atoms with Crippen LogP contribution in [0.1, 0.15) is 50.4 Å². The summed E-state index contributed by atoms with van der Waals surface area (Å²) in [5.74, 6) is 1.44. The molecule has 1 aromatic carbocycles. The highest BCUT2D eigenvalue weighted by molar-refractivity contribution is 6.04. The Morgan fingerprint density at radius 2 is 2.13 bits per heavy atom. The third-order valence-corrected chi connectivity index (χ3v) is 7.91. The highest BCUT2D eigenvalue weighted by Gasteiger charge is 2.38. The van der Waals surface area contributed by atoms with Crippen LogP contribution in [0.15, 0.2) is 24.4 Å². The number of nitrogens with one attached hydrogen (secondary N) is 2. The number of hydrogen-bond donors (Lipinski definition) is 2. The molecule has 2 N–H and O–H groups in total. The fourth-order valence-corrected chi connectivity index (χ4v) is 5.81. The first kappa shape index (κ1) is 27.1. The molecule has 2 fully saturated rings. The van der Waals surface area contributed by atoms with Gasteiger partial charge in [-0.05, 0) is 57.9 Å². The van der Waals surface area contributed by atoms with Gasteiger partial charge in [0.15, 0.2) is 5.82 Å². The number of anilines is 4. The van der Waals surface area contributed by atoms with Crippen LogP contribution >= 0.6 is 0 Å². The number of methoxy groups -OCH3 is 1. The first-order chi connectivity index (χ1) is 18.8. The number of amides is 2. The van der Waals surface area contributed by atoms with Crippen LogP contribution in [0.25, 0.3) is 0 Å². The maximum atomic E-state index is 12.9. The molecule has 2 unspecified atom stereocenters. The molecule has 3 atom stereocenters. The van der Waals surface area contributed by atoms with Gasteiger partial charge in [0.2, 0.25) is 11.9 Å². The summed E-state index contributed by atoms with van der Waals surface area (Å²) in [6.45, 7) is 9.28. The number of carbonyl (C=O) groups is 2. The van der Waals surface area contributed by atoms with Gasteiger partial charge in [-0.15, -0.1) is 0 Å². The van der Waals surface area contributed by atoms with E-state index in [2.05, 4.69) is 39.3 Å². The molecule has 210 valence electrons. The van der Waals surface area contributed by atoms with Crippen molar-refractivity contribution in [1.82, 2.24) is 20.2 Å². The first-order valence-electron chi connectivity index (χ1n) is 13.8. The van der Waals surface area contributed by atoms with Gasteiger partial charge in [-0.3, -0.25) is 14.5 Å². The fraction of sp³-hybridized carbons (Fsp3) is 0.571. The van der Waals surface area contributed by atoms with Gasteiger partial charge in [0, 0.05) is 37.8 Å². The molecular formula is C28H39N7O4. The molecular weight excluding hydrogens is 498 g/mol. The number of hydrogen-bond acceptors (Lipinski definition) is 9. The van der Waals surface area contributed by atoms with E-state index < -0.39 is 0 Å². The summed E-state index contributed by atoms with van der Waals surface area (Å²) in [5.41, 5.74) is 1.80. The molecule has 39 heavy (non-hydrogen) atoms. The van der Waals surface area contributed by atoms with Gasteiger partial charge in [-0.2, -0.15) is 4.98 Å². The van der Waals surface area contributed by atoms with Crippen molar-refractivity contribution in [3.8, 4) is 5.75 Å². The summed E-state index contributed by atoms with van der Waals surface area (Å²) in [6, 6.07) is 5.56. The van der Waals surface area contributed by atoms with E-state index in [0.29, 0.717) is 53.5 Å². The van der Waals surface area contributed by atoms with Gasteiger partial charge < -0.3 is 29.9 Å². The smallest absolute Gasteiger partial charge is 0.251 e. The van der Waals surface area contributed by atoms with Crippen molar-refractivity contribution in [2.45, 2.75) is 64.3 Å². The quantitative estimate of drug-likeness (QED) is 0.525. The zero-order valence-electron chi connectivity index (χ0n) is 23.4. The Morgan fingerprint density at radius 1 is 1.31 bits per heavy atom. The van der Waals surface area contributed by atoms with Crippen LogP contribution in [-0.2, 0) is 9.53 Å². The zero-order chi connectivity index (χ0) is 27.7. The average molecular weight is 538 g/mol. The van der Waals surface area contributed by atoms with Crippen molar-refractivity contribution < 1.29 is 19.1 Å². The summed E-state index contributed by atoms with van der Waals surface area (Å²) in [4.78, 5) is 41.2. The Labute approximate surface area is 229 Å². The summed E-state index contributed by atoms with van der Waals surface area (Å²) < 4.78 is 11.6. The third kappa shape index (κ3) is 5.38. The van der Waals surface area contributed by atoms with Crippen molar-refractivity contribution in [2.24, 2.45) is 0 Å². The molecule has 5 rings (SSSR count). The SMILES string of the molecule is CC[C@@H]1C(=O)N(C)c2cnc(Nc3ccc(C(=O)NCC4CN5CCCC5CO4)cc3OC)nc2N1C(C)C. The average Bonchev–Trinajstić information content (AvgIpc) is 3.41. The standard InChI is InChI=1S/C28H39N7O4/c1-6-22-27(37)33(4)23-14-30-28(32-25(23)35(22)17(2)3)31-21-10-9-18(12-24(21)38-5)26(36)29-13-20-15-34-11-7-8-19(34)16-39-20/h9-10,12,14,17,19-20,22H,6-8,11,13,15-16H2,1-5H3,(H,29,36)(H,30,31,32)/t19?,20?,22-/m1/s1. The minimum Gasteiger partial charge on any atom is -0.495 e. The van der Waals surface area contributed by atoms with E-state index in [1.807, 2.05) is 6.92 Å². The van der Waals surface area contributed by atoms with Crippen molar-refractivity contribution in [3.63, 3.8) is 0 Å². The molecule has 0 spiro atoms. The van der Waals surface area contributed by atoms with E-state index >= 15 is 0 Å². The summed E-state index contributed by atoms with van der Waals surface area (Å²) in [6.07, 6.45) is 4.75. The van der Waals surface area contributed by atoms with Gasteiger partial charge in [0.05, 0.1) is 31.7 Å². The molecule has 0 aliphatic carbocycles. The Balaban J connectivity index is 1.29. The van der Waals surface area contributed by atoms with Crippen LogP contribution < -0.4 is 25.2 Å². The van der Waals surface area contributed by atoms with E-state index in [1.54, 1.807) is 43.5 Å². The van der Waals surface area contributed by atoms with Gasteiger partial charge in [-0.1, -0.05) is 6.92 Å². The van der Waals surface area contributed by atoms with Crippen LogP contribution in [-0.4, -0.2) is 91.3 Å². The lowest BCUT2D eigenvalue weighted by Crippen LogP contribution is -2.54. The molecule has 4 heterocycles. The highest BCUT2D eigenvalue weighted by Crippen LogP contribution is 2.37. The lowest BCUT2D eigenvalue weighted by Gasteiger charge is -2.42. The maximum absolute atomic E-state index is 12.9. The van der Waals surface area contributed by atoms with E-state index in [9.17, 15) is 9.59 Å². The Bertz CT molecular complexity index is 1220. The largest absolute Gasteiger partial charge is 0.495 e. The van der Waals surface area contributed by atoms with Crippen LogP contribution in [0.3, 0.4) is 0 Å². The number of carbonyl (C=O) groups excluding carboxylic acids is 2. The van der Waals surface area contributed by atoms with Crippen molar-refractivity contribution in [1.29, 1.82) is 0 Å².